The molecule has 8 heteroatoms. The lowest BCUT2D eigenvalue weighted by atomic mass is 9.81. The minimum Gasteiger partial charge on any atom is -0.481 e. The van der Waals surface area contributed by atoms with Crippen LogP contribution in [0.2, 0.25) is 10.0 Å². The van der Waals surface area contributed by atoms with Crippen LogP contribution < -0.4 is 5.32 Å². The van der Waals surface area contributed by atoms with Crippen LogP contribution in [0, 0.1) is 11.3 Å². The van der Waals surface area contributed by atoms with Gasteiger partial charge in [-0.05, 0) is 37.0 Å². The second kappa shape index (κ2) is 6.84. The summed E-state index contributed by atoms with van der Waals surface area (Å²) in [6.45, 7) is 0.476. The van der Waals surface area contributed by atoms with Crippen molar-refractivity contribution in [2.45, 2.75) is 19.3 Å². The number of halogens is 2. The minimum absolute atomic E-state index is 0.000256. The van der Waals surface area contributed by atoms with Crippen molar-refractivity contribution in [3.05, 3.63) is 33.8 Å². The van der Waals surface area contributed by atoms with E-state index in [1.165, 1.54) is 18.2 Å². The molecule has 0 radical (unpaired) electrons. The molecule has 1 heterocycles. The molecule has 1 aliphatic heterocycles. The summed E-state index contributed by atoms with van der Waals surface area (Å²) in [6.07, 6.45) is 2.31. The van der Waals surface area contributed by atoms with Crippen LogP contribution in [0.4, 0.5) is 0 Å². The highest BCUT2D eigenvalue weighted by Crippen LogP contribution is 2.48. The zero-order valence-electron chi connectivity index (χ0n) is 13.4. The standard InChI is InChI=1S/C17H18Cl2N2O4/c18-12-4-3-10(6-13(12)19)15(23)20-7-14(22)21-8-11-2-1-5-17(11,9-21)16(24)25/h3-4,6,11H,1-2,5,7-9H2,(H,20,23)(H,24,25)/t11-,17+/m0/s1. The van der Waals surface area contributed by atoms with Gasteiger partial charge in [0, 0.05) is 18.7 Å². The van der Waals surface area contributed by atoms with E-state index in [1.807, 2.05) is 0 Å². The lowest BCUT2D eigenvalue weighted by Crippen LogP contribution is -2.41. The zero-order valence-corrected chi connectivity index (χ0v) is 14.9. The Balaban J connectivity index is 1.59. The summed E-state index contributed by atoms with van der Waals surface area (Å²) in [5, 5.41) is 12.7. The summed E-state index contributed by atoms with van der Waals surface area (Å²) in [5.41, 5.74) is -0.508. The molecule has 0 spiro atoms. The Morgan fingerprint density at radius 2 is 2.04 bits per heavy atom. The van der Waals surface area contributed by atoms with Gasteiger partial charge in [0.25, 0.3) is 5.91 Å². The van der Waals surface area contributed by atoms with Gasteiger partial charge >= 0.3 is 5.97 Å². The number of rotatable bonds is 4. The van der Waals surface area contributed by atoms with Crippen LogP contribution >= 0.6 is 23.2 Å². The number of nitrogens with zero attached hydrogens (tertiary/aromatic N) is 1. The quantitative estimate of drug-likeness (QED) is 0.834. The monoisotopic (exact) mass is 384 g/mol. The van der Waals surface area contributed by atoms with E-state index in [0.717, 1.165) is 12.8 Å². The van der Waals surface area contributed by atoms with E-state index in [2.05, 4.69) is 5.32 Å². The summed E-state index contributed by atoms with van der Waals surface area (Å²) < 4.78 is 0. The van der Waals surface area contributed by atoms with E-state index in [4.69, 9.17) is 23.2 Å². The van der Waals surface area contributed by atoms with Crippen molar-refractivity contribution in [1.82, 2.24) is 10.2 Å². The Morgan fingerprint density at radius 3 is 2.68 bits per heavy atom. The van der Waals surface area contributed by atoms with Gasteiger partial charge in [0.2, 0.25) is 5.91 Å². The Hall–Kier alpha value is -1.79. The largest absolute Gasteiger partial charge is 0.481 e. The van der Waals surface area contributed by atoms with Gasteiger partial charge in [-0.15, -0.1) is 0 Å². The number of carboxylic acids is 1. The molecule has 1 aliphatic carbocycles. The molecular weight excluding hydrogens is 367 g/mol. The highest BCUT2D eigenvalue weighted by atomic mass is 35.5. The first-order chi connectivity index (χ1) is 11.8. The van der Waals surface area contributed by atoms with E-state index in [-0.39, 0.29) is 29.9 Å². The SMILES string of the molecule is O=C(NCC(=O)N1C[C@@H]2CCC[C@@]2(C(=O)O)C1)c1ccc(Cl)c(Cl)c1. The normalized spacial score (nSPS) is 24.9. The number of amides is 2. The van der Waals surface area contributed by atoms with Gasteiger partial charge in [0.15, 0.2) is 0 Å². The van der Waals surface area contributed by atoms with E-state index in [9.17, 15) is 19.5 Å². The maximum absolute atomic E-state index is 12.4. The van der Waals surface area contributed by atoms with Crippen molar-refractivity contribution in [2.24, 2.45) is 11.3 Å². The molecule has 1 saturated carbocycles. The summed E-state index contributed by atoms with van der Waals surface area (Å²) >= 11 is 11.7. The van der Waals surface area contributed by atoms with Gasteiger partial charge in [-0.25, -0.2) is 0 Å². The third-order valence-electron chi connectivity index (χ3n) is 5.23. The molecule has 1 saturated heterocycles. The molecule has 0 unspecified atom stereocenters. The molecule has 2 amide bonds. The van der Waals surface area contributed by atoms with E-state index >= 15 is 0 Å². The maximum atomic E-state index is 12.4. The second-order valence-corrected chi connectivity index (χ2v) is 7.45. The lowest BCUT2D eigenvalue weighted by molar-refractivity contribution is -0.149. The molecule has 0 bridgehead atoms. The van der Waals surface area contributed by atoms with Crippen molar-refractivity contribution in [3.63, 3.8) is 0 Å². The number of aliphatic carboxylic acids is 1. The average Bonchev–Trinajstić information content (AvgIpc) is 3.13. The van der Waals surface area contributed by atoms with Crippen molar-refractivity contribution in [2.75, 3.05) is 19.6 Å². The number of nitrogens with one attached hydrogen (secondary N) is 1. The van der Waals surface area contributed by atoms with Crippen LogP contribution in [0.1, 0.15) is 29.6 Å². The van der Waals surface area contributed by atoms with Crippen molar-refractivity contribution >= 4 is 41.0 Å². The molecule has 6 nitrogen and oxygen atoms in total. The molecule has 3 rings (SSSR count). The van der Waals surface area contributed by atoms with Gasteiger partial charge < -0.3 is 15.3 Å². The molecule has 2 atom stereocenters. The highest BCUT2D eigenvalue weighted by Gasteiger charge is 2.55. The molecule has 25 heavy (non-hydrogen) atoms. The first-order valence-corrected chi connectivity index (χ1v) is 8.83. The van der Waals surface area contributed by atoms with Crippen LogP contribution in [0.15, 0.2) is 18.2 Å². The fourth-order valence-corrected chi connectivity index (χ4v) is 4.13. The van der Waals surface area contributed by atoms with E-state index in [0.29, 0.717) is 23.6 Å². The number of benzene rings is 1. The predicted molar refractivity (Wildman–Crippen MR) is 92.8 cm³/mol. The molecule has 1 aromatic rings. The smallest absolute Gasteiger partial charge is 0.311 e. The molecule has 2 aliphatic rings. The Labute approximate surface area is 155 Å². The molecule has 2 fully saturated rings. The third kappa shape index (κ3) is 3.33. The van der Waals surface area contributed by atoms with Gasteiger partial charge in [0.1, 0.15) is 0 Å². The number of likely N-dealkylation sites (tertiary alicyclic amines) is 1. The van der Waals surface area contributed by atoms with Crippen molar-refractivity contribution in [3.8, 4) is 0 Å². The molecular formula is C17H18Cl2N2O4. The summed E-state index contributed by atoms with van der Waals surface area (Å²) in [6, 6.07) is 4.47. The van der Waals surface area contributed by atoms with Crippen LogP contribution in [-0.4, -0.2) is 47.4 Å². The van der Waals surface area contributed by atoms with Gasteiger partial charge in [0.05, 0.1) is 22.0 Å². The van der Waals surface area contributed by atoms with Gasteiger partial charge in [-0.2, -0.15) is 0 Å². The second-order valence-electron chi connectivity index (χ2n) is 6.64. The summed E-state index contributed by atoms with van der Waals surface area (Å²) in [7, 11) is 0. The fourth-order valence-electron chi connectivity index (χ4n) is 3.84. The van der Waals surface area contributed by atoms with Crippen molar-refractivity contribution in [1.29, 1.82) is 0 Å². The first kappa shape index (κ1) is 18.0. The van der Waals surface area contributed by atoms with Crippen LogP contribution in [0.25, 0.3) is 0 Å². The Morgan fingerprint density at radius 1 is 1.28 bits per heavy atom. The molecule has 1 aromatic carbocycles. The molecule has 2 N–H and O–H groups in total. The molecule has 0 aromatic heterocycles. The topological polar surface area (TPSA) is 86.7 Å². The maximum Gasteiger partial charge on any atom is 0.311 e. The average molecular weight is 385 g/mol. The van der Waals surface area contributed by atoms with Gasteiger partial charge in [-0.3, -0.25) is 14.4 Å². The summed E-state index contributed by atoms with van der Waals surface area (Å²) in [5.74, 6) is -1.53. The number of fused-ring (bicyclic) bond motifs is 1. The fraction of sp³-hybridized carbons (Fsp3) is 0.471. The number of hydrogen-bond donors (Lipinski definition) is 2. The highest BCUT2D eigenvalue weighted by molar-refractivity contribution is 6.42. The van der Waals surface area contributed by atoms with Gasteiger partial charge in [-0.1, -0.05) is 29.6 Å². The first-order valence-electron chi connectivity index (χ1n) is 8.08. The van der Waals surface area contributed by atoms with E-state index < -0.39 is 17.3 Å². The zero-order chi connectivity index (χ0) is 18.2. The number of hydrogen-bond acceptors (Lipinski definition) is 3. The Bertz CT molecular complexity index is 739. The Kier molecular flexibility index (Phi) is 4.93. The summed E-state index contributed by atoms with van der Waals surface area (Å²) in [4.78, 5) is 37.7. The van der Waals surface area contributed by atoms with Crippen LogP contribution in [0.3, 0.4) is 0 Å². The van der Waals surface area contributed by atoms with Crippen LogP contribution in [0.5, 0.6) is 0 Å². The minimum atomic E-state index is -0.829. The molecule has 134 valence electrons. The van der Waals surface area contributed by atoms with E-state index in [1.54, 1.807) is 4.90 Å². The lowest BCUT2D eigenvalue weighted by Gasteiger charge is -2.23. The predicted octanol–water partition coefficient (Wildman–Crippen LogP) is 2.44. The van der Waals surface area contributed by atoms with Crippen molar-refractivity contribution < 1.29 is 19.5 Å². The third-order valence-corrected chi connectivity index (χ3v) is 5.97. The number of carbonyl (C=O) groups is 3. The van der Waals surface area contributed by atoms with Crippen LogP contribution in [-0.2, 0) is 9.59 Å². The number of carboxylic acid groups (broad SMARTS) is 1. The number of carbonyl (C=O) groups excluding carboxylic acids is 2.